The van der Waals surface area contributed by atoms with Crippen LogP contribution >= 0.6 is 0 Å². The van der Waals surface area contributed by atoms with E-state index in [1.165, 1.54) is 19.0 Å². The predicted octanol–water partition coefficient (Wildman–Crippen LogP) is 1.66. The highest BCUT2D eigenvalue weighted by molar-refractivity contribution is 5.88. The summed E-state index contributed by atoms with van der Waals surface area (Å²) >= 11 is 0. The number of amides is 1. The van der Waals surface area contributed by atoms with Crippen molar-refractivity contribution in [3.8, 4) is 0 Å². The fourth-order valence-corrected chi connectivity index (χ4v) is 1.17. The van der Waals surface area contributed by atoms with E-state index in [0.717, 1.165) is 0 Å². The zero-order chi connectivity index (χ0) is 13.5. The Kier molecular flexibility index (Phi) is 4.79. The number of carbonyl (C=O) groups excluding carboxylic acids is 1. The number of rotatable bonds is 5. The van der Waals surface area contributed by atoms with E-state index in [-0.39, 0.29) is 12.5 Å². The third kappa shape index (κ3) is 5.06. The Morgan fingerprint density at radius 1 is 1.33 bits per heavy atom. The Morgan fingerprint density at radius 3 is 2.44 bits per heavy atom. The van der Waals surface area contributed by atoms with Crippen molar-refractivity contribution in [3.63, 3.8) is 0 Å². The SMILES string of the molecule is CC(=O)Nc1ccc(N=NN(C)CC(=O)O)cc1. The second kappa shape index (κ2) is 6.33. The van der Waals surface area contributed by atoms with Gasteiger partial charge in [-0.2, -0.15) is 0 Å². The van der Waals surface area contributed by atoms with Crippen LogP contribution in [0.1, 0.15) is 6.92 Å². The van der Waals surface area contributed by atoms with Gasteiger partial charge in [0, 0.05) is 19.7 Å². The number of nitrogens with one attached hydrogen (secondary N) is 1. The number of aliphatic carboxylic acids is 1. The molecule has 0 aromatic heterocycles. The van der Waals surface area contributed by atoms with Crippen LogP contribution in [0.25, 0.3) is 0 Å². The van der Waals surface area contributed by atoms with Gasteiger partial charge in [0.25, 0.3) is 0 Å². The summed E-state index contributed by atoms with van der Waals surface area (Å²) in [6, 6.07) is 6.71. The molecule has 0 spiro atoms. The molecule has 0 saturated heterocycles. The van der Waals surface area contributed by atoms with E-state index in [0.29, 0.717) is 11.4 Å². The molecule has 0 radical (unpaired) electrons. The molecule has 0 aliphatic carbocycles. The van der Waals surface area contributed by atoms with E-state index in [2.05, 4.69) is 15.7 Å². The fourth-order valence-electron chi connectivity index (χ4n) is 1.17. The highest BCUT2D eigenvalue weighted by atomic mass is 16.4. The zero-order valence-corrected chi connectivity index (χ0v) is 10.1. The lowest BCUT2D eigenvalue weighted by molar-refractivity contribution is -0.138. The third-order valence-corrected chi connectivity index (χ3v) is 1.86. The summed E-state index contributed by atoms with van der Waals surface area (Å²) in [5.41, 5.74) is 1.24. The normalized spacial score (nSPS) is 10.3. The molecule has 0 bridgehead atoms. The van der Waals surface area contributed by atoms with Crippen LogP contribution in [0.3, 0.4) is 0 Å². The first-order chi connectivity index (χ1) is 8.47. The quantitative estimate of drug-likeness (QED) is 0.613. The first kappa shape index (κ1) is 13.6. The van der Waals surface area contributed by atoms with E-state index in [1.54, 1.807) is 24.3 Å². The molecule has 96 valence electrons. The Morgan fingerprint density at radius 2 is 1.94 bits per heavy atom. The number of carboxylic acid groups (broad SMARTS) is 1. The lowest BCUT2D eigenvalue weighted by Gasteiger charge is -2.06. The van der Waals surface area contributed by atoms with Gasteiger partial charge in [0.1, 0.15) is 6.54 Å². The minimum absolute atomic E-state index is 0.148. The molecule has 1 aromatic rings. The number of benzene rings is 1. The van der Waals surface area contributed by atoms with Crippen molar-refractivity contribution in [1.82, 2.24) is 5.01 Å². The molecule has 1 rings (SSSR count). The Balaban J connectivity index is 2.60. The molecular weight excluding hydrogens is 236 g/mol. The maximum absolute atomic E-state index is 10.8. The van der Waals surface area contributed by atoms with E-state index < -0.39 is 5.97 Å². The van der Waals surface area contributed by atoms with Gasteiger partial charge in [0.05, 0.1) is 5.69 Å². The van der Waals surface area contributed by atoms with Gasteiger partial charge >= 0.3 is 5.97 Å². The Bertz CT molecular complexity index is 456. The minimum Gasteiger partial charge on any atom is -0.480 e. The van der Waals surface area contributed by atoms with E-state index in [4.69, 9.17) is 5.11 Å². The van der Waals surface area contributed by atoms with Gasteiger partial charge < -0.3 is 10.4 Å². The summed E-state index contributed by atoms with van der Waals surface area (Å²) in [4.78, 5) is 21.2. The van der Waals surface area contributed by atoms with Gasteiger partial charge in [-0.05, 0) is 24.3 Å². The van der Waals surface area contributed by atoms with Crippen LogP contribution in [0, 0.1) is 0 Å². The summed E-state index contributed by atoms with van der Waals surface area (Å²) < 4.78 is 0. The molecule has 0 atom stereocenters. The minimum atomic E-state index is -0.975. The first-order valence-corrected chi connectivity index (χ1v) is 5.19. The summed E-state index contributed by atoms with van der Waals surface area (Å²) in [7, 11) is 1.52. The predicted molar refractivity (Wildman–Crippen MR) is 65.5 cm³/mol. The zero-order valence-electron chi connectivity index (χ0n) is 10.1. The maximum atomic E-state index is 10.8. The Labute approximate surface area is 104 Å². The number of carboxylic acids is 1. The van der Waals surface area contributed by atoms with Gasteiger partial charge in [0.15, 0.2) is 0 Å². The van der Waals surface area contributed by atoms with Crippen molar-refractivity contribution in [2.45, 2.75) is 6.92 Å². The molecule has 0 aliphatic rings. The molecule has 0 heterocycles. The topological polar surface area (TPSA) is 94.4 Å². The number of hydrogen-bond donors (Lipinski definition) is 2. The van der Waals surface area contributed by atoms with Crippen molar-refractivity contribution in [3.05, 3.63) is 24.3 Å². The van der Waals surface area contributed by atoms with Crippen LogP contribution < -0.4 is 5.32 Å². The molecule has 7 nitrogen and oxygen atoms in total. The van der Waals surface area contributed by atoms with Gasteiger partial charge in [-0.3, -0.25) is 14.6 Å². The van der Waals surface area contributed by atoms with Crippen LogP contribution in [-0.2, 0) is 9.59 Å². The van der Waals surface area contributed by atoms with Crippen LogP contribution in [0.15, 0.2) is 34.6 Å². The van der Waals surface area contributed by atoms with Crippen molar-refractivity contribution in [2.24, 2.45) is 10.3 Å². The highest BCUT2D eigenvalue weighted by Crippen LogP contribution is 2.16. The molecule has 1 aromatic carbocycles. The number of carbonyl (C=O) groups is 2. The molecular formula is C11H14N4O3. The largest absolute Gasteiger partial charge is 0.480 e. The van der Waals surface area contributed by atoms with Gasteiger partial charge in [-0.15, -0.1) is 5.11 Å². The number of anilines is 1. The van der Waals surface area contributed by atoms with Crippen LogP contribution in [0.5, 0.6) is 0 Å². The van der Waals surface area contributed by atoms with Crippen molar-refractivity contribution in [1.29, 1.82) is 0 Å². The second-order valence-corrected chi connectivity index (χ2v) is 3.63. The molecule has 0 saturated carbocycles. The molecule has 0 unspecified atom stereocenters. The summed E-state index contributed by atoms with van der Waals surface area (Å²) in [6.07, 6.45) is 0. The molecule has 2 N–H and O–H groups in total. The van der Waals surface area contributed by atoms with Gasteiger partial charge in [-0.1, -0.05) is 5.22 Å². The van der Waals surface area contributed by atoms with Crippen molar-refractivity contribution < 1.29 is 14.7 Å². The standard InChI is InChI=1S/C11H14N4O3/c1-8(16)12-9-3-5-10(6-4-9)13-14-15(2)7-11(17)18/h3-6H,7H2,1-2H3,(H,12,16)(H,17,18). The lowest BCUT2D eigenvalue weighted by Crippen LogP contribution is -2.19. The molecule has 1 amide bonds. The molecule has 0 fully saturated rings. The Hall–Kier alpha value is -2.44. The summed E-state index contributed by atoms with van der Waals surface area (Å²) in [5.74, 6) is -1.12. The second-order valence-electron chi connectivity index (χ2n) is 3.63. The van der Waals surface area contributed by atoms with Gasteiger partial charge in [-0.25, -0.2) is 0 Å². The van der Waals surface area contributed by atoms with E-state index >= 15 is 0 Å². The van der Waals surface area contributed by atoms with Gasteiger partial charge in [0.2, 0.25) is 5.91 Å². The van der Waals surface area contributed by atoms with E-state index in [1.807, 2.05) is 0 Å². The van der Waals surface area contributed by atoms with Crippen molar-refractivity contribution in [2.75, 3.05) is 18.9 Å². The third-order valence-electron chi connectivity index (χ3n) is 1.86. The number of likely N-dealkylation sites (N-methyl/N-ethyl adjacent to an activating group) is 1. The van der Waals surface area contributed by atoms with Crippen molar-refractivity contribution >= 4 is 23.3 Å². The van der Waals surface area contributed by atoms with Crippen LogP contribution in [0.2, 0.25) is 0 Å². The molecule has 0 aliphatic heterocycles. The van der Waals surface area contributed by atoms with E-state index in [9.17, 15) is 9.59 Å². The smallest absolute Gasteiger partial charge is 0.324 e. The number of nitrogens with zero attached hydrogens (tertiary/aromatic N) is 3. The monoisotopic (exact) mass is 250 g/mol. The average molecular weight is 250 g/mol. The van der Waals surface area contributed by atoms with Crippen LogP contribution in [-0.4, -0.2) is 35.6 Å². The first-order valence-electron chi connectivity index (χ1n) is 5.19. The maximum Gasteiger partial charge on any atom is 0.324 e. The average Bonchev–Trinajstić information content (AvgIpc) is 2.26. The summed E-state index contributed by atoms with van der Waals surface area (Å²) in [6.45, 7) is 1.21. The van der Waals surface area contributed by atoms with Crippen LogP contribution in [0.4, 0.5) is 11.4 Å². The highest BCUT2D eigenvalue weighted by Gasteiger charge is 2.00. The molecule has 18 heavy (non-hydrogen) atoms. The lowest BCUT2D eigenvalue weighted by atomic mass is 10.3. The summed E-state index contributed by atoms with van der Waals surface area (Å²) in [5, 5.41) is 19.9. The molecule has 7 heteroatoms. The number of hydrogen-bond acceptors (Lipinski definition) is 4. The fraction of sp³-hybridized carbons (Fsp3) is 0.273.